The van der Waals surface area contributed by atoms with E-state index in [0.29, 0.717) is 12.8 Å². The summed E-state index contributed by atoms with van der Waals surface area (Å²) in [5.41, 5.74) is 5.02. The second kappa shape index (κ2) is 5.57. The van der Waals surface area contributed by atoms with Gasteiger partial charge in [0.05, 0.1) is 7.11 Å². The highest BCUT2D eigenvalue weighted by Gasteiger charge is 2.41. The van der Waals surface area contributed by atoms with E-state index in [2.05, 4.69) is 0 Å². The number of hydrogen-bond acceptors (Lipinski definition) is 4. The van der Waals surface area contributed by atoms with Gasteiger partial charge in [0.1, 0.15) is 11.6 Å². The quantitative estimate of drug-likeness (QED) is 0.851. The number of para-hydroxylation sites is 1. The van der Waals surface area contributed by atoms with Crippen LogP contribution in [-0.2, 0) is 9.53 Å². The topological polar surface area (TPSA) is 61.5 Å². The zero-order valence-corrected chi connectivity index (χ0v) is 10.9. The Balaban J connectivity index is 2.06. The molecule has 19 heavy (non-hydrogen) atoms. The van der Waals surface area contributed by atoms with E-state index in [4.69, 9.17) is 15.2 Å². The van der Waals surface area contributed by atoms with Gasteiger partial charge in [-0.05, 0) is 31.4 Å². The van der Waals surface area contributed by atoms with Gasteiger partial charge in [0, 0.05) is 6.42 Å². The summed E-state index contributed by atoms with van der Waals surface area (Å²) in [4.78, 5) is 11.7. The molecule has 2 atom stereocenters. The monoisotopic (exact) mass is 267 g/mol. The number of nitrogens with two attached hydrogens (primary N) is 1. The Morgan fingerprint density at radius 1 is 1.47 bits per heavy atom. The molecular weight excluding hydrogens is 249 g/mol. The summed E-state index contributed by atoms with van der Waals surface area (Å²) in [6.07, 6.45) is 2.15. The van der Waals surface area contributed by atoms with E-state index < -0.39 is 17.3 Å². The molecule has 4 nitrogen and oxygen atoms in total. The van der Waals surface area contributed by atoms with Gasteiger partial charge in [-0.15, -0.1) is 0 Å². The first kappa shape index (κ1) is 13.8. The first-order chi connectivity index (χ1) is 9.05. The number of carbonyl (C=O) groups is 1. The Bertz CT molecular complexity index is 466. The first-order valence-corrected chi connectivity index (χ1v) is 6.33. The zero-order valence-electron chi connectivity index (χ0n) is 10.9. The first-order valence-electron chi connectivity index (χ1n) is 6.33. The van der Waals surface area contributed by atoms with Gasteiger partial charge in [-0.1, -0.05) is 12.1 Å². The second-order valence-corrected chi connectivity index (χ2v) is 4.91. The van der Waals surface area contributed by atoms with Crippen molar-refractivity contribution in [3.63, 3.8) is 0 Å². The molecule has 0 radical (unpaired) electrons. The van der Waals surface area contributed by atoms with Gasteiger partial charge in [0.15, 0.2) is 11.6 Å². The van der Waals surface area contributed by atoms with E-state index in [0.717, 1.165) is 12.8 Å². The lowest BCUT2D eigenvalue weighted by Gasteiger charge is -2.35. The van der Waals surface area contributed by atoms with Crippen LogP contribution in [0.2, 0.25) is 0 Å². The smallest absolute Gasteiger partial charge is 0.325 e. The standard InChI is InChI=1S/C14H18FNO3/c1-18-13(17)14(16)8-4-5-10(9-14)19-12-7-3-2-6-11(12)15/h2-3,6-7,10H,4-5,8-9,16H2,1H3. The summed E-state index contributed by atoms with van der Waals surface area (Å²) in [7, 11) is 1.32. The van der Waals surface area contributed by atoms with Gasteiger partial charge in [0.2, 0.25) is 0 Å². The predicted molar refractivity (Wildman–Crippen MR) is 68.2 cm³/mol. The summed E-state index contributed by atoms with van der Waals surface area (Å²) in [5, 5.41) is 0. The van der Waals surface area contributed by atoms with Crippen molar-refractivity contribution in [1.29, 1.82) is 0 Å². The molecule has 0 bridgehead atoms. The van der Waals surface area contributed by atoms with Gasteiger partial charge >= 0.3 is 5.97 Å². The van der Waals surface area contributed by atoms with Gasteiger partial charge in [-0.25, -0.2) is 4.39 Å². The third-order valence-corrected chi connectivity index (χ3v) is 3.46. The van der Waals surface area contributed by atoms with Crippen LogP contribution in [0.4, 0.5) is 4.39 Å². The largest absolute Gasteiger partial charge is 0.487 e. The van der Waals surface area contributed by atoms with Crippen LogP contribution in [0.25, 0.3) is 0 Å². The zero-order chi connectivity index (χ0) is 13.9. The minimum atomic E-state index is -1.02. The maximum Gasteiger partial charge on any atom is 0.325 e. The Hall–Kier alpha value is -1.62. The van der Waals surface area contributed by atoms with Crippen LogP contribution >= 0.6 is 0 Å². The molecule has 2 N–H and O–H groups in total. The molecule has 2 unspecified atom stereocenters. The maximum atomic E-state index is 13.5. The van der Waals surface area contributed by atoms with Crippen molar-refractivity contribution in [2.75, 3.05) is 7.11 Å². The molecule has 1 aromatic rings. The average Bonchev–Trinajstić information content (AvgIpc) is 2.40. The van der Waals surface area contributed by atoms with Crippen LogP contribution in [-0.4, -0.2) is 24.7 Å². The number of carbonyl (C=O) groups excluding carboxylic acids is 1. The van der Waals surface area contributed by atoms with E-state index in [1.807, 2.05) is 0 Å². The molecule has 0 spiro atoms. The Kier molecular flexibility index (Phi) is 4.04. The van der Waals surface area contributed by atoms with Crippen LogP contribution in [0.3, 0.4) is 0 Å². The number of rotatable bonds is 3. The number of ether oxygens (including phenoxy) is 2. The molecule has 1 aliphatic rings. The molecule has 1 aromatic carbocycles. The van der Waals surface area contributed by atoms with E-state index in [-0.39, 0.29) is 11.9 Å². The lowest BCUT2D eigenvalue weighted by molar-refractivity contribution is -0.149. The Morgan fingerprint density at radius 3 is 2.89 bits per heavy atom. The van der Waals surface area contributed by atoms with Crippen LogP contribution in [0.1, 0.15) is 25.7 Å². The van der Waals surface area contributed by atoms with Gasteiger partial charge in [-0.3, -0.25) is 4.79 Å². The van der Waals surface area contributed by atoms with Crippen molar-refractivity contribution >= 4 is 5.97 Å². The van der Waals surface area contributed by atoms with Crippen molar-refractivity contribution < 1.29 is 18.7 Å². The molecule has 1 fully saturated rings. The molecule has 2 rings (SSSR count). The average molecular weight is 267 g/mol. The van der Waals surface area contributed by atoms with E-state index in [1.165, 1.54) is 13.2 Å². The number of halogens is 1. The Morgan fingerprint density at radius 2 is 2.21 bits per heavy atom. The molecule has 1 aliphatic carbocycles. The minimum Gasteiger partial charge on any atom is -0.487 e. The Labute approximate surface area is 111 Å². The SMILES string of the molecule is COC(=O)C1(N)CCCC(Oc2ccccc2F)C1. The van der Waals surface area contributed by atoms with Crippen molar-refractivity contribution in [1.82, 2.24) is 0 Å². The molecular formula is C14H18FNO3. The molecule has 1 saturated carbocycles. The molecule has 0 aliphatic heterocycles. The molecule has 104 valence electrons. The molecule has 0 saturated heterocycles. The summed E-state index contributed by atoms with van der Waals surface area (Å²) in [5.74, 6) is -0.648. The molecule has 0 aromatic heterocycles. The lowest BCUT2D eigenvalue weighted by atomic mass is 9.81. The van der Waals surface area contributed by atoms with Crippen molar-refractivity contribution in [2.24, 2.45) is 5.73 Å². The third-order valence-electron chi connectivity index (χ3n) is 3.46. The van der Waals surface area contributed by atoms with Crippen LogP contribution in [0.5, 0.6) is 5.75 Å². The molecule has 0 heterocycles. The number of methoxy groups -OCH3 is 1. The van der Waals surface area contributed by atoms with Crippen LogP contribution in [0, 0.1) is 5.82 Å². The fourth-order valence-corrected chi connectivity index (χ4v) is 2.46. The summed E-state index contributed by atoms with van der Waals surface area (Å²) in [6, 6.07) is 6.22. The minimum absolute atomic E-state index is 0.196. The molecule has 0 amide bonds. The van der Waals surface area contributed by atoms with Crippen molar-refractivity contribution in [3.05, 3.63) is 30.1 Å². The summed E-state index contributed by atoms with van der Waals surface area (Å²) in [6.45, 7) is 0. The highest BCUT2D eigenvalue weighted by Crippen LogP contribution is 2.31. The van der Waals surface area contributed by atoms with Crippen molar-refractivity contribution in [2.45, 2.75) is 37.3 Å². The number of hydrogen-bond donors (Lipinski definition) is 1. The highest BCUT2D eigenvalue weighted by atomic mass is 19.1. The van der Waals surface area contributed by atoms with Gasteiger partial charge < -0.3 is 15.2 Å². The van der Waals surface area contributed by atoms with Crippen molar-refractivity contribution in [3.8, 4) is 5.75 Å². The fraction of sp³-hybridized carbons (Fsp3) is 0.500. The molecule has 5 heteroatoms. The van der Waals surface area contributed by atoms with Crippen LogP contribution < -0.4 is 10.5 Å². The van der Waals surface area contributed by atoms with E-state index >= 15 is 0 Å². The maximum absolute atomic E-state index is 13.5. The number of esters is 1. The number of benzene rings is 1. The predicted octanol–water partition coefficient (Wildman–Crippen LogP) is 2.02. The van der Waals surface area contributed by atoms with E-state index in [1.54, 1.807) is 18.2 Å². The second-order valence-electron chi connectivity index (χ2n) is 4.91. The van der Waals surface area contributed by atoms with Gasteiger partial charge in [0.25, 0.3) is 0 Å². The van der Waals surface area contributed by atoms with E-state index in [9.17, 15) is 9.18 Å². The fourth-order valence-electron chi connectivity index (χ4n) is 2.46. The highest BCUT2D eigenvalue weighted by molar-refractivity contribution is 5.80. The summed E-state index contributed by atoms with van der Waals surface area (Å²) >= 11 is 0. The van der Waals surface area contributed by atoms with Crippen LogP contribution in [0.15, 0.2) is 24.3 Å². The lowest BCUT2D eigenvalue weighted by Crippen LogP contribution is -2.54. The van der Waals surface area contributed by atoms with Gasteiger partial charge in [-0.2, -0.15) is 0 Å². The summed E-state index contributed by atoms with van der Waals surface area (Å²) < 4.78 is 23.8. The third kappa shape index (κ3) is 3.04. The normalized spacial score (nSPS) is 26.8.